The van der Waals surface area contributed by atoms with E-state index in [1.54, 1.807) is 24.3 Å². The number of hydrogen-bond donors (Lipinski definition) is 1. The zero-order valence-electron chi connectivity index (χ0n) is 12.1. The van der Waals surface area contributed by atoms with Gasteiger partial charge in [-0.2, -0.15) is 0 Å². The lowest BCUT2D eigenvalue weighted by atomic mass is 10.1. The summed E-state index contributed by atoms with van der Waals surface area (Å²) in [4.78, 5) is 27.4. The predicted octanol–water partition coefficient (Wildman–Crippen LogP) is 2.06. The van der Waals surface area contributed by atoms with Gasteiger partial charge in [-0.1, -0.05) is 0 Å². The second-order valence-corrected chi connectivity index (χ2v) is 5.21. The van der Waals surface area contributed by atoms with Crippen LogP contribution < -0.4 is 5.32 Å². The first-order chi connectivity index (χ1) is 9.56. The Kier molecular flexibility index (Phi) is 4.74. The first-order valence-electron chi connectivity index (χ1n) is 6.92. The third kappa shape index (κ3) is 3.81. The average molecular weight is 275 g/mol. The van der Waals surface area contributed by atoms with E-state index < -0.39 is 0 Å². The van der Waals surface area contributed by atoms with Gasteiger partial charge in [0.15, 0.2) is 5.78 Å². The van der Waals surface area contributed by atoms with E-state index >= 15 is 0 Å². The number of ketones is 1. The van der Waals surface area contributed by atoms with Crippen LogP contribution in [0.3, 0.4) is 0 Å². The van der Waals surface area contributed by atoms with Crippen molar-refractivity contribution in [2.45, 2.75) is 13.3 Å². The van der Waals surface area contributed by atoms with Crippen LogP contribution in [0.15, 0.2) is 24.3 Å². The summed E-state index contributed by atoms with van der Waals surface area (Å²) in [6.07, 6.45) is 0.993. The molecule has 2 rings (SSSR count). The van der Waals surface area contributed by atoms with Crippen LogP contribution in [-0.2, 0) is 0 Å². The molecule has 0 atom stereocenters. The third-order valence-corrected chi connectivity index (χ3v) is 3.55. The highest BCUT2D eigenvalue weighted by Crippen LogP contribution is 2.11. The van der Waals surface area contributed by atoms with Crippen LogP contribution >= 0.6 is 0 Å². The molecule has 5 heteroatoms. The van der Waals surface area contributed by atoms with Crippen molar-refractivity contribution in [1.29, 1.82) is 0 Å². The summed E-state index contributed by atoms with van der Waals surface area (Å²) in [6.45, 7) is 4.98. The Balaban J connectivity index is 1.95. The topological polar surface area (TPSA) is 52.7 Å². The number of rotatable bonds is 2. The van der Waals surface area contributed by atoms with Crippen LogP contribution in [0.2, 0.25) is 0 Å². The van der Waals surface area contributed by atoms with E-state index in [1.165, 1.54) is 6.92 Å². The van der Waals surface area contributed by atoms with Crippen molar-refractivity contribution in [2.75, 3.05) is 38.5 Å². The monoisotopic (exact) mass is 275 g/mol. The molecule has 0 bridgehead atoms. The molecule has 1 fully saturated rings. The molecule has 0 unspecified atom stereocenters. The second kappa shape index (κ2) is 6.52. The number of nitrogens with zero attached hydrogens (tertiary/aromatic N) is 2. The summed E-state index contributed by atoms with van der Waals surface area (Å²) < 4.78 is 0. The molecule has 5 nitrogen and oxygen atoms in total. The van der Waals surface area contributed by atoms with E-state index in [4.69, 9.17) is 0 Å². The van der Waals surface area contributed by atoms with Crippen LogP contribution in [0, 0.1) is 0 Å². The van der Waals surface area contributed by atoms with Crippen LogP contribution in [0.1, 0.15) is 23.7 Å². The molecule has 1 aliphatic rings. The van der Waals surface area contributed by atoms with Gasteiger partial charge < -0.3 is 15.1 Å². The maximum absolute atomic E-state index is 12.2. The predicted molar refractivity (Wildman–Crippen MR) is 79.2 cm³/mol. The molecular weight excluding hydrogens is 254 g/mol. The molecule has 1 aromatic rings. The summed E-state index contributed by atoms with van der Waals surface area (Å²) in [5, 5.41) is 2.88. The van der Waals surface area contributed by atoms with Crippen LogP contribution in [0.4, 0.5) is 10.5 Å². The Hall–Kier alpha value is -1.88. The fraction of sp³-hybridized carbons (Fsp3) is 0.467. The van der Waals surface area contributed by atoms with Gasteiger partial charge in [-0.25, -0.2) is 4.79 Å². The maximum Gasteiger partial charge on any atom is 0.321 e. The molecule has 1 heterocycles. The fourth-order valence-corrected chi connectivity index (χ4v) is 2.24. The van der Waals surface area contributed by atoms with E-state index in [0.717, 1.165) is 38.3 Å². The summed E-state index contributed by atoms with van der Waals surface area (Å²) in [5.74, 6) is 0.0263. The number of nitrogens with one attached hydrogen (secondary N) is 1. The summed E-state index contributed by atoms with van der Waals surface area (Å²) in [6, 6.07) is 6.91. The van der Waals surface area contributed by atoms with Gasteiger partial charge >= 0.3 is 6.03 Å². The highest BCUT2D eigenvalue weighted by molar-refractivity contribution is 5.95. The molecule has 1 aliphatic heterocycles. The van der Waals surface area contributed by atoms with Crippen LogP contribution in [-0.4, -0.2) is 54.8 Å². The molecule has 0 saturated carbocycles. The van der Waals surface area contributed by atoms with Gasteiger partial charge in [-0.05, 0) is 51.2 Å². The number of likely N-dealkylation sites (N-methyl/N-ethyl adjacent to an activating group) is 1. The average Bonchev–Trinajstić information content (AvgIpc) is 2.64. The van der Waals surface area contributed by atoms with Crippen molar-refractivity contribution in [2.24, 2.45) is 0 Å². The Morgan fingerprint density at radius 3 is 2.40 bits per heavy atom. The molecule has 2 amide bonds. The molecule has 1 N–H and O–H groups in total. The summed E-state index contributed by atoms with van der Waals surface area (Å²) in [7, 11) is 2.07. The van der Waals surface area contributed by atoms with Crippen LogP contribution in [0.5, 0.6) is 0 Å². The molecule has 0 spiro atoms. The smallest absolute Gasteiger partial charge is 0.321 e. The lowest BCUT2D eigenvalue weighted by molar-refractivity contribution is 0.101. The number of urea groups is 1. The van der Waals surface area contributed by atoms with Gasteiger partial charge in [0, 0.05) is 30.9 Å². The minimum atomic E-state index is -0.0733. The minimum absolute atomic E-state index is 0.0263. The van der Waals surface area contributed by atoms with Crippen molar-refractivity contribution >= 4 is 17.5 Å². The highest BCUT2D eigenvalue weighted by Gasteiger charge is 2.17. The number of Topliss-reactive ketones (excluding diaryl/α,β-unsaturated/α-hetero) is 1. The van der Waals surface area contributed by atoms with E-state index in [1.807, 2.05) is 4.90 Å². The molecular formula is C15H21N3O2. The Morgan fingerprint density at radius 1 is 1.05 bits per heavy atom. The number of hydrogen-bond acceptors (Lipinski definition) is 3. The third-order valence-electron chi connectivity index (χ3n) is 3.55. The molecule has 0 aliphatic carbocycles. The number of anilines is 1. The lowest BCUT2D eigenvalue weighted by Gasteiger charge is -2.21. The number of benzene rings is 1. The minimum Gasteiger partial charge on any atom is -0.323 e. The van der Waals surface area contributed by atoms with Crippen LogP contribution in [0.25, 0.3) is 0 Å². The number of amides is 2. The number of carbonyl (C=O) groups excluding carboxylic acids is 2. The maximum atomic E-state index is 12.2. The standard InChI is InChI=1S/C15H21N3O2/c1-12(19)13-4-6-14(7-5-13)16-15(20)18-9-3-8-17(2)10-11-18/h4-7H,3,8-11H2,1-2H3,(H,16,20). The van der Waals surface area contributed by atoms with Gasteiger partial charge in [-0.3, -0.25) is 4.79 Å². The van der Waals surface area contributed by atoms with E-state index in [0.29, 0.717) is 5.56 Å². The first kappa shape index (κ1) is 14.5. The van der Waals surface area contributed by atoms with Gasteiger partial charge in [0.1, 0.15) is 0 Å². The number of carbonyl (C=O) groups is 2. The first-order valence-corrected chi connectivity index (χ1v) is 6.92. The molecule has 1 aromatic carbocycles. The van der Waals surface area contributed by atoms with E-state index in [9.17, 15) is 9.59 Å². The van der Waals surface area contributed by atoms with Crippen molar-refractivity contribution in [3.63, 3.8) is 0 Å². The van der Waals surface area contributed by atoms with Gasteiger partial charge in [0.2, 0.25) is 0 Å². The van der Waals surface area contributed by atoms with Crippen molar-refractivity contribution in [3.8, 4) is 0 Å². The van der Waals surface area contributed by atoms with Crippen molar-refractivity contribution in [1.82, 2.24) is 9.80 Å². The second-order valence-electron chi connectivity index (χ2n) is 5.21. The normalized spacial score (nSPS) is 16.6. The molecule has 0 radical (unpaired) electrons. The Bertz CT molecular complexity index is 484. The zero-order valence-corrected chi connectivity index (χ0v) is 12.1. The van der Waals surface area contributed by atoms with Gasteiger partial charge in [-0.15, -0.1) is 0 Å². The van der Waals surface area contributed by atoms with E-state index in [-0.39, 0.29) is 11.8 Å². The molecule has 1 saturated heterocycles. The van der Waals surface area contributed by atoms with Gasteiger partial charge in [0.25, 0.3) is 0 Å². The lowest BCUT2D eigenvalue weighted by Crippen LogP contribution is -2.37. The molecule has 20 heavy (non-hydrogen) atoms. The molecule has 0 aromatic heterocycles. The van der Waals surface area contributed by atoms with Gasteiger partial charge in [0.05, 0.1) is 0 Å². The SMILES string of the molecule is CC(=O)c1ccc(NC(=O)N2CCCN(C)CC2)cc1. The van der Waals surface area contributed by atoms with E-state index in [2.05, 4.69) is 17.3 Å². The van der Waals surface area contributed by atoms with Crippen molar-refractivity contribution < 1.29 is 9.59 Å². The molecule has 108 valence electrons. The fourth-order valence-electron chi connectivity index (χ4n) is 2.24. The largest absolute Gasteiger partial charge is 0.323 e. The van der Waals surface area contributed by atoms with Crippen molar-refractivity contribution in [3.05, 3.63) is 29.8 Å². The summed E-state index contributed by atoms with van der Waals surface area (Å²) in [5.41, 5.74) is 1.37. The Morgan fingerprint density at radius 2 is 1.75 bits per heavy atom. The summed E-state index contributed by atoms with van der Waals surface area (Å²) >= 11 is 0. The zero-order chi connectivity index (χ0) is 14.5. The highest BCUT2D eigenvalue weighted by atomic mass is 16.2. The quantitative estimate of drug-likeness (QED) is 0.841. The Labute approximate surface area is 119 Å².